The Morgan fingerprint density at radius 1 is 0.951 bits per heavy atom. The number of carbonyl (C=O) groups is 2. The third-order valence-electron chi connectivity index (χ3n) is 6.95. The molecule has 8 heteroatoms. The second kappa shape index (κ2) is 15.5. The monoisotopic (exact) mass is 562 g/mol. The average Bonchev–Trinajstić information content (AvgIpc) is 2.96. The molecule has 1 aromatic heterocycles. The van der Waals surface area contributed by atoms with Crippen molar-refractivity contribution in [3.8, 4) is 16.9 Å². The van der Waals surface area contributed by atoms with Gasteiger partial charge in [-0.15, -0.1) is 0 Å². The molecule has 4 rings (SSSR count). The molecular weight excluding hydrogens is 527 g/mol. The number of benzene rings is 3. The first-order valence-electron chi connectivity index (χ1n) is 13.3. The fraction of sp³-hybridized carbons (Fsp3) is 0.242. The first-order valence-corrected chi connectivity index (χ1v) is 14.7. The van der Waals surface area contributed by atoms with Crippen LogP contribution in [0.25, 0.3) is 11.1 Å². The molecule has 0 unspecified atom stereocenters. The van der Waals surface area contributed by atoms with E-state index in [1.165, 1.54) is 0 Å². The number of aromatic hydroxyl groups is 1. The van der Waals surface area contributed by atoms with E-state index in [0.29, 0.717) is 24.2 Å². The van der Waals surface area contributed by atoms with Crippen molar-refractivity contribution < 1.29 is 40.1 Å². The molecule has 0 aliphatic rings. The average molecular weight is 563 g/mol. The van der Waals surface area contributed by atoms with E-state index >= 15 is 0 Å². The summed E-state index contributed by atoms with van der Waals surface area (Å²) in [5.74, 6) is -0.535. The van der Waals surface area contributed by atoms with Crippen LogP contribution < -0.4 is 24.2 Å². The Morgan fingerprint density at radius 3 is 2.39 bits per heavy atom. The number of aliphatic carboxylic acids is 1. The molecule has 1 heterocycles. The van der Waals surface area contributed by atoms with Crippen molar-refractivity contribution in [2.45, 2.75) is 38.6 Å². The molecule has 4 aromatic rings. The third kappa shape index (κ3) is 8.74. The summed E-state index contributed by atoms with van der Waals surface area (Å²) in [4.78, 5) is 29.7. The number of amides is 1. The molecule has 208 valence electrons. The van der Waals surface area contributed by atoms with E-state index in [2.05, 4.69) is 16.4 Å². The van der Waals surface area contributed by atoms with E-state index < -0.39 is 12.0 Å². The van der Waals surface area contributed by atoms with Gasteiger partial charge in [-0.3, -0.25) is 9.78 Å². The maximum atomic E-state index is 13.4. The van der Waals surface area contributed by atoms with Gasteiger partial charge in [-0.25, -0.2) is 4.79 Å². The van der Waals surface area contributed by atoms with Crippen LogP contribution in [0.2, 0.25) is 0 Å². The summed E-state index contributed by atoms with van der Waals surface area (Å²) in [7, 11) is 0. The molecule has 0 saturated carbocycles. The van der Waals surface area contributed by atoms with Crippen LogP contribution in [0.15, 0.2) is 85.1 Å². The predicted octanol–water partition coefficient (Wildman–Crippen LogP) is 3.19. The van der Waals surface area contributed by atoms with Gasteiger partial charge in [0.1, 0.15) is 11.8 Å². The van der Waals surface area contributed by atoms with Gasteiger partial charge >= 0.3 is 24.8 Å². The van der Waals surface area contributed by atoms with Gasteiger partial charge in [0, 0.05) is 23.9 Å². The Labute approximate surface area is 259 Å². The molecule has 3 aromatic carbocycles. The maximum Gasteiger partial charge on any atom is 1.00 e. The number of nitrogens with zero attached hydrogens (tertiary/aromatic N) is 1. The molecular formula is C33H35LiN2O4S. The Kier molecular flexibility index (Phi) is 12.1. The smallest absolute Gasteiger partial charge is 1.00 e. The quantitative estimate of drug-likeness (QED) is 0.230. The number of nitrogens with one attached hydrogen (secondary N) is 1. The van der Waals surface area contributed by atoms with Gasteiger partial charge in [-0.1, -0.05) is 54.6 Å². The zero-order valence-electron chi connectivity index (χ0n) is 24.8. The molecule has 0 aliphatic heterocycles. The molecule has 1 atom stereocenters. The number of thioether (sulfide) groups is 1. The normalized spacial score (nSPS) is 11.4. The summed E-state index contributed by atoms with van der Waals surface area (Å²) in [5, 5.41) is 22.0. The van der Waals surface area contributed by atoms with Crippen LogP contribution in [0, 0.1) is 6.92 Å². The number of carboxylic acid groups (broad SMARTS) is 1. The van der Waals surface area contributed by atoms with E-state index in [1.807, 2.05) is 67.8 Å². The first kappa shape index (κ1) is 32.0. The zero-order valence-corrected chi connectivity index (χ0v) is 24.6. The molecule has 3 N–H and O–H groups in total. The SMILES string of the molecule is CSCC[C@H](NC(=O)c1ccc(CCc2cccnc2Cc2ccc(O)cc2)cc1-c1ccccc1C)C(=O)O.[H-].[Li+]. The van der Waals surface area contributed by atoms with E-state index in [4.69, 9.17) is 0 Å². The van der Waals surface area contributed by atoms with Gasteiger partial charge in [0.25, 0.3) is 5.91 Å². The Bertz CT molecular complexity index is 1480. The van der Waals surface area contributed by atoms with Crippen LogP contribution in [0.1, 0.15) is 46.2 Å². The maximum absolute atomic E-state index is 13.4. The van der Waals surface area contributed by atoms with Crippen molar-refractivity contribution in [2.24, 2.45) is 0 Å². The van der Waals surface area contributed by atoms with Gasteiger partial charge in [-0.05, 0) is 95.8 Å². The van der Waals surface area contributed by atoms with E-state index in [0.717, 1.165) is 51.9 Å². The van der Waals surface area contributed by atoms with Crippen molar-refractivity contribution >= 4 is 23.6 Å². The minimum atomic E-state index is -1.03. The van der Waals surface area contributed by atoms with Gasteiger partial charge in [0.15, 0.2) is 0 Å². The molecule has 0 aliphatic carbocycles. The van der Waals surface area contributed by atoms with E-state index in [1.54, 1.807) is 36.2 Å². The molecule has 0 saturated heterocycles. The van der Waals surface area contributed by atoms with Crippen molar-refractivity contribution in [3.05, 3.63) is 119 Å². The number of carbonyl (C=O) groups excluding carboxylic acids is 1. The van der Waals surface area contributed by atoms with Crippen LogP contribution in [0.5, 0.6) is 5.75 Å². The van der Waals surface area contributed by atoms with Crippen molar-refractivity contribution in [1.82, 2.24) is 10.3 Å². The second-order valence-electron chi connectivity index (χ2n) is 9.79. The number of phenols is 1. The number of hydrogen-bond donors (Lipinski definition) is 3. The van der Waals surface area contributed by atoms with Crippen molar-refractivity contribution in [3.63, 3.8) is 0 Å². The van der Waals surface area contributed by atoms with Crippen LogP contribution in [0.3, 0.4) is 0 Å². The molecule has 0 fully saturated rings. The number of rotatable bonds is 12. The van der Waals surface area contributed by atoms with Crippen LogP contribution >= 0.6 is 11.8 Å². The summed E-state index contributed by atoms with van der Waals surface area (Å²) in [6, 6.07) is 24.0. The predicted molar refractivity (Wildman–Crippen MR) is 162 cm³/mol. The molecule has 41 heavy (non-hydrogen) atoms. The zero-order chi connectivity index (χ0) is 28.5. The van der Waals surface area contributed by atoms with Gasteiger partial charge < -0.3 is 17.0 Å². The molecule has 0 spiro atoms. The molecule has 1 amide bonds. The standard InChI is InChI=1S/C33H34N2O4S.Li.H/c1-22-6-3-4-8-27(22)29-20-23(12-16-28(29)32(37)35-30(33(38)39)17-19-40-2)9-13-25-7-5-18-34-31(25)21-24-10-14-26(36)15-11-24;;/h3-8,10-12,14-16,18,20,30,36H,9,13,17,19,21H2,1-2H3,(H,35,37)(H,38,39);;/q;+1;-1/t30-;;/m0../s1. The largest absolute Gasteiger partial charge is 1.00 e. The first-order chi connectivity index (χ1) is 19.4. The second-order valence-corrected chi connectivity index (χ2v) is 10.8. The van der Waals surface area contributed by atoms with E-state index in [9.17, 15) is 19.8 Å². The summed E-state index contributed by atoms with van der Waals surface area (Å²) in [6.45, 7) is 2.01. The van der Waals surface area contributed by atoms with Gasteiger partial charge in [-0.2, -0.15) is 11.8 Å². The van der Waals surface area contributed by atoms with Gasteiger partial charge in [0.2, 0.25) is 0 Å². The summed E-state index contributed by atoms with van der Waals surface area (Å²) < 4.78 is 0. The topological polar surface area (TPSA) is 99.5 Å². The third-order valence-corrected chi connectivity index (χ3v) is 7.60. The summed E-state index contributed by atoms with van der Waals surface area (Å²) >= 11 is 1.55. The van der Waals surface area contributed by atoms with Crippen LogP contribution in [-0.2, 0) is 24.1 Å². The Balaban J connectivity index is 0.00000308. The fourth-order valence-electron chi connectivity index (χ4n) is 4.72. The minimum Gasteiger partial charge on any atom is -1.00 e. The van der Waals surface area contributed by atoms with Gasteiger partial charge in [0.05, 0.1) is 0 Å². The number of aryl methyl sites for hydroxylation is 3. The number of aromatic nitrogens is 1. The summed E-state index contributed by atoms with van der Waals surface area (Å²) in [5.41, 5.74) is 7.52. The molecule has 6 nitrogen and oxygen atoms in total. The number of carboxylic acids is 1. The molecule has 0 bridgehead atoms. The van der Waals surface area contributed by atoms with Crippen LogP contribution in [0.4, 0.5) is 0 Å². The number of phenolic OH excluding ortho intramolecular Hbond substituents is 1. The van der Waals surface area contributed by atoms with Crippen molar-refractivity contribution in [2.75, 3.05) is 12.0 Å². The minimum absolute atomic E-state index is 0. The Morgan fingerprint density at radius 2 is 1.68 bits per heavy atom. The van der Waals surface area contributed by atoms with Crippen molar-refractivity contribution in [1.29, 1.82) is 0 Å². The fourth-order valence-corrected chi connectivity index (χ4v) is 5.19. The number of hydrogen-bond acceptors (Lipinski definition) is 5. The Hall–Kier alpha value is -3.50. The summed E-state index contributed by atoms with van der Waals surface area (Å²) in [6.07, 6.45) is 6.27. The number of pyridine rings is 1. The molecule has 0 radical (unpaired) electrons. The van der Waals surface area contributed by atoms with Crippen LogP contribution in [-0.4, -0.2) is 45.1 Å². The van der Waals surface area contributed by atoms with E-state index in [-0.39, 0.29) is 31.9 Å².